The monoisotopic (exact) mass is 326 g/mol. The summed E-state index contributed by atoms with van der Waals surface area (Å²) in [6.45, 7) is 1.08. The molecule has 1 atom stereocenters. The number of hydrogen-bond acceptors (Lipinski definition) is 4. The van der Waals surface area contributed by atoms with Crippen LogP contribution in [0.5, 0.6) is 5.75 Å². The number of nitrogens with one attached hydrogen (secondary N) is 1. The SMILES string of the molecule is COc1ccccc1CC(=O)N1CCC[C@H](NS(C)(=O)=O)C1. The third-order valence-electron chi connectivity index (χ3n) is 3.69. The molecule has 1 aromatic rings. The summed E-state index contributed by atoms with van der Waals surface area (Å²) in [5.74, 6) is 0.683. The van der Waals surface area contributed by atoms with Crippen LogP contribution in [0.1, 0.15) is 18.4 Å². The van der Waals surface area contributed by atoms with E-state index < -0.39 is 10.0 Å². The summed E-state index contributed by atoms with van der Waals surface area (Å²) in [5, 5.41) is 0. The number of piperidine rings is 1. The van der Waals surface area contributed by atoms with Crippen molar-refractivity contribution in [2.75, 3.05) is 26.5 Å². The lowest BCUT2D eigenvalue weighted by molar-refractivity contribution is -0.131. The summed E-state index contributed by atoms with van der Waals surface area (Å²) in [6, 6.07) is 7.22. The molecule has 122 valence electrons. The van der Waals surface area contributed by atoms with Crippen molar-refractivity contribution in [3.63, 3.8) is 0 Å². The maximum absolute atomic E-state index is 12.4. The van der Waals surface area contributed by atoms with Crippen LogP contribution in [0.4, 0.5) is 0 Å². The highest BCUT2D eigenvalue weighted by atomic mass is 32.2. The summed E-state index contributed by atoms with van der Waals surface area (Å²) < 4.78 is 30.5. The first-order chi connectivity index (χ1) is 10.4. The third-order valence-corrected chi connectivity index (χ3v) is 4.45. The lowest BCUT2D eigenvalue weighted by atomic mass is 10.0. The van der Waals surface area contributed by atoms with Crippen molar-refractivity contribution >= 4 is 15.9 Å². The minimum absolute atomic E-state index is 0.00972. The molecule has 0 aromatic heterocycles. The van der Waals surface area contributed by atoms with E-state index >= 15 is 0 Å². The van der Waals surface area contributed by atoms with E-state index in [9.17, 15) is 13.2 Å². The van der Waals surface area contributed by atoms with Gasteiger partial charge in [0.1, 0.15) is 5.75 Å². The number of likely N-dealkylation sites (tertiary alicyclic amines) is 1. The van der Waals surface area contributed by atoms with Gasteiger partial charge in [-0.3, -0.25) is 4.79 Å². The Morgan fingerprint density at radius 3 is 2.82 bits per heavy atom. The molecule has 7 heteroatoms. The third kappa shape index (κ3) is 4.71. The number of para-hydroxylation sites is 1. The molecule has 1 aliphatic rings. The molecule has 1 amide bonds. The fourth-order valence-electron chi connectivity index (χ4n) is 2.73. The molecule has 1 aliphatic heterocycles. The van der Waals surface area contributed by atoms with Gasteiger partial charge in [0.2, 0.25) is 15.9 Å². The lowest BCUT2D eigenvalue weighted by Crippen LogP contribution is -2.49. The van der Waals surface area contributed by atoms with Crippen molar-refractivity contribution in [1.82, 2.24) is 9.62 Å². The largest absolute Gasteiger partial charge is 0.496 e. The maximum Gasteiger partial charge on any atom is 0.227 e. The second-order valence-electron chi connectivity index (χ2n) is 5.56. The molecule has 1 N–H and O–H groups in total. The minimum Gasteiger partial charge on any atom is -0.496 e. The van der Waals surface area contributed by atoms with Gasteiger partial charge in [0.05, 0.1) is 19.8 Å². The molecule has 0 aliphatic carbocycles. The second-order valence-corrected chi connectivity index (χ2v) is 7.34. The fraction of sp³-hybridized carbons (Fsp3) is 0.533. The van der Waals surface area contributed by atoms with Gasteiger partial charge in [0.15, 0.2) is 0 Å². The van der Waals surface area contributed by atoms with Gasteiger partial charge in [-0.1, -0.05) is 18.2 Å². The number of ether oxygens (including phenoxy) is 1. The Balaban J connectivity index is 2.00. The molecule has 0 bridgehead atoms. The molecular formula is C15H22N2O4S. The molecule has 1 saturated heterocycles. The molecule has 22 heavy (non-hydrogen) atoms. The quantitative estimate of drug-likeness (QED) is 0.867. The molecule has 0 unspecified atom stereocenters. The number of amides is 1. The van der Waals surface area contributed by atoms with Crippen molar-refractivity contribution in [2.45, 2.75) is 25.3 Å². The van der Waals surface area contributed by atoms with Crippen LogP contribution in [0.15, 0.2) is 24.3 Å². The standard InChI is InChI=1S/C15H22N2O4S/c1-21-14-8-4-3-6-12(14)10-15(18)17-9-5-7-13(11-17)16-22(2,19)20/h3-4,6,8,13,16H,5,7,9-11H2,1-2H3/t13-/m0/s1. The van der Waals surface area contributed by atoms with E-state index in [1.807, 2.05) is 24.3 Å². The fourth-order valence-corrected chi connectivity index (χ4v) is 3.52. The average molecular weight is 326 g/mol. The van der Waals surface area contributed by atoms with E-state index in [-0.39, 0.29) is 18.4 Å². The normalized spacial score (nSPS) is 19.0. The zero-order valence-corrected chi connectivity index (χ0v) is 13.7. The van der Waals surface area contributed by atoms with Gasteiger partial charge in [0, 0.05) is 24.7 Å². The van der Waals surface area contributed by atoms with Crippen molar-refractivity contribution in [3.8, 4) is 5.75 Å². The van der Waals surface area contributed by atoms with E-state index in [0.717, 1.165) is 24.7 Å². The maximum atomic E-state index is 12.4. The molecule has 1 heterocycles. The number of sulfonamides is 1. The van der Waals surface area contributed by atoms with Gasteiger partial charge in [-0.2, -0.15) is 0 Å². The topological polar surface area (TPSA) is 75.7 Å². The number of carbonyl (C=O) groups is 1. The number of hydrogen-bond donors (Lipinski definition) is 1. The molecular weight excluding hydrogens is 304 g/mol. The van der Waals surface area contributed by atoms with E-state index in [0.29, 0.717) is 18.8 Å². The second kappa shape index (κ2) is 7.11. The van der Waals surface area contributed by atoms with Crippen molar-refractivity contribution < 1.29 is 17.9 Å². The number of rotatable bonds is 5. The Labute approximate surface area is 131 Å². The molecule has 1 fully saturated rings. The Morgan fingerprint density at radius 2 is 2.14 bits per heavy atom. The first-order valence-corrected chi connectivity index (χ1v) is 9.15. The van der Waals surface area contributed by atoms with Crippen LogP contribution in [-0.4, -0.2) is 51.7 Å². The van der Waals surface area contributed by atoms with Crippen LogP contribution in [0.2, 0.25) is 0 Å². The van der Waals surface area contributed by atoms with Crippen molar-refractivity contribution in [1.29, 1.82) is 0 Å². The first-order valence-electron chi connectivity index (χ1n) is 7.26. The number of methoxy groups -OCH3 is 1. The molecule has 1 aromatic carbocycles. The van der Waals surface area contributed by atoms with Crippen LogP contribution in [0.3, 0.4) is 0 Å². The van der Waals surface area contributed by atoms with E-state index in [4.69, 9.17) is 4.74 Å². The van der Waals surface area contributed by atoms with Crippen LogP contribution in [0.25, 0.3) is 0 Å². The molecule has 0 saturated carbocycles. The predicted molar refractivity (Wildman–Crippen MR) is 84.3 cm³/mol. The van der Waals surface area contributed by atoms with Gasteiger partial charge < -0.3 is 9.64 Å². The zero-order chi connectivity index (χ0) is 16.2. The average Bonchev–Trinajstić information content (AvgIpc) is 2.46. The molecule has 2 rings (SSSR count). The van der Waals surface area contributed by atoms with E-state index in [2.05, 4.69) is 4.72 Å². The van der Waals surface area contributed by atoms with Crippen molar-refractivity contribution in [2.24, 2.45) is 0 Å². The highest BCUT2D eigenvalue weighted by Gasteiger charge is 2.25. The molecule has 6 nitrogen and oxygen atoms in total. The molecule has 0 spiro atoms. The van der Waals surface area contributed by atoms with Crippen LogP contribution < -0.4 is 9.46 Å². The van der Waals surface area contributed by atoms with Gasteiger partial charge in [0.25, 0.3) is 0 Å². The Morgan fingerprint density at radius 1 is 1.41 bits per heavy atom. The van der Waals surface area contributed by atoms with E-state index in [1.54, 1.807) is 12.0 Å². The smallest absolute Gasteiger partial charge is 0.227 e. The first kappa shape index (κ1) is 16.8. The number of benzene rings is 1. The van der Waals surface area contributed by atoms with Gasteiger partial charge in [-0.25, -0.2) is 13.1 Å². The van der Waals surface area contributed by atoms with Crippen LogP contribution >= 0.6 is 0 Å². The summed E-state index contributed by atoms with van der Waals surface area (Å²) in [6.07, 6.45) is 2.95. The summed E-state index contributed by atoms with van der Waals surface area (Å²) in [5.41, 5.74) is 0.841. The highest BCUT2D eigenvalue weighted by molar-refractivity contribution is 7.88. The minimum atomic E-state index is -3.25. The van der Waals surface area contributed by atoms with Crippen LogP contribution in [0, 0.1) is 0 Å². The van der Waals surface area contributed by atoms with Gasteiger partial charge >= 0.3 is 0 Å². The summed E-state index contributed by atoms with van der Waals surface area (Å²) >= 11 is 0. The number of carbonyl (C=O) groups excluding carboxylic acids is 1. The zero-order valence-electron chi connectivity index (χ0n) is 12.9. The summed E-state index contributed by atoms with van der Waals surface area (Å²) in [4.78, 5) is 14.2. The van der Waals surface area contributed by atoms with Crippen molar-refractivity contribution in [3.05, 3.63) is 29.8 Å². The van der Waals surface area contributed by atoms with Crippen LogP contribution in [-0.2, 0) is 21.2 Å². The summed E-state index contributed by atoms with van der Waals surface area (Å²) in [7, 11) is -1.67. The Bertz CT molecular complexity index is 630. The lowest BCUT2D eigenvalue weighted by Gasteiger charge is -2.33. The molecule has 0 radical (unpaired) electrons. The van der Waals surface area contributed by atoms with Gasteiger partial charge in [-0.05, 0) is 18.9 Å². The Kier molecular flexibility index (Phi) is 5.42. The predicted octanol–water partition coefficient (Wildman–Crippen LogP) is 0.778. The van der Waals surface area contributed by atoms with Gasteiger partial charge in [-0.15, -0.1) is 0 Å². The number of nitrogens with zero attached hydrogens (tertiary/aromatic N) is 1. The highest BCUT2D eigenvalue weighted by Crippen LogP contribution is 2.20. The Hall–Kier alpha value is -1.60. The van der Waals surface area contributed by atoms with E-state index in [1.165, 1.54) is 0 Å².